The van der Waals surface area contributed by atoms with Crippen LogP contribution in [0, 0.1) is 0 Å². The molecule has 4 heterocycles. The molecule has 2 amide bonds. The quantitative estimate of drug-likeness (QED) is 0.0396. The second-order valence-electron chi connectivity index (χ2n) is 13.5. The fourth-order valence-corrected chi connectivity index (χ4v) is 5.73. The lowest BCUT2D eigenvalue weighted by molar-refractivity contribution is -0.159. The van der Waals surface area contributed by atoms with E-state index in [1.807, 2.05) is 0 Å². The number of hydrogen-bond donors (Lipinski definition) is 10. The number of nitrogens with one attached hydrogen (secondary N) is 6. The zero-order chi connectivity index (χ0) is 45.2. The Balaban J connectivity index is 0.915. The van der Waals surface area contributed by atoms with Gasteiger partial charge in [-0.05, 0) is 61.4 Å². The number of aliphatic carboxylic acids is 2. The number of carboxylic acid groups (broad SMARTS) is 2. The molecule has 2 atom stereocenters. The van der Waals surface area contributed by atoms with Crippen LogP contribution >= 0.6 is 0 Å². The number of carboxylic acids is 2. The molecule has 6 rings (SSSR count). The number of nitrogens with zero attached hydrogens (tertiary/aromatic N) is 6. The van der Waals surface area contributed by atoms with E-state index >= 15 is 0 Å². The molecule has 4 aromatic heterocycles. The molecular formula is C38H36N14O11. The van der Waals surface area contributed by atoms with Crippen molar-refractivity contribution in [3.05, 3.63) is 104 Å². The molecule has 0 saturated heterocycles. The molecule has 0 fully saturated rings. The number of nitrogens with two attached hydrogens (primary N) is 2. The minimum atomic E-state index is -1.54. The molecule has 2 unspecified atom stereocenters. The highest BCUT2D eigenvalue weighted by Gasteiger charge is 2.25. The first-order valence-electron chi connectivity index (χ1n) is 18.6. The molecule has 0 aliphatic rings. The van der Waals surface area contributed by atoms with E-state index in [9.17, 15) is 48.6 Å². The number of esters is 2. The van der Waals surface area contributed by atoms with Crippen molar-refractivity contribution in [3.63, 3.8) is 0 Å². The number of hydrogen-bond acceptors (Lipinski definition) is 19. The Hall–Kier alpha value is -8.90. The van der Waals surface area contributed by atoms with Gasteiger partial charge in [0.25, 0.3) is 22.9 Å². The Morgan fingerprint density at radius 3 is 1.35 bits per heavy atom. The van der Waals surface area contributed by atoms with E-state index in [1.54, 1.807) is 24.3 Å². The molecule has 0 saturated carbocycles. The molecule has 324 valence electrons. The summed E-state index contributed by atoms with van der Waals surface area (Å²) < 4.78 is 4.72. The highest BCUT2D eigenvalue weighted by atomic mass is 16.6. The van der Waals surface area contributed by atoms with Gasteiger partial charge in [0.1, 0.15) is 12.1 Å². The fourth-order valence-electron chi connectivity index (χ4n) is 5.73. The minimum Gasteiger partial charge on any atom is -0.480 e. The summed E-state index contributed by atoms with van der Waals surface area (Å²) in [6.45, 7) is 0.303. The van der Waals surface area contributed by atoms with E-state index < -0.39 is 84.6 Å². The van der Waals surface area contributed by atoms with Crippen LogP contribution in [-0.4, -0.2) is 97.9 Å². The number of fused-ring (bicyclic) bond motifs is 2. The van der Waals surface area contributed by atoms with Crippen LogP contribution in [0.25, 0.3) is 22.3 Å². The van der Waals surface area contributed by atoms with E-state index in [4.69, 9.17) is 16.2 Å². The zero-order valence-corrected chi connectivity index (χ0v) is 32.6. The van der Waals surface area contributed by atoms with Crippen molar-refractivity contribution in [2.45, 2.75) is 50.9 Å². The first-order chi connectivity index (χ1) is 30.1. The van der Waals surface area contributed by atoms with Crippen LogP contribution in [0.15, 0.2) is 70.5 Å². The molecule has 63 heavy (non-hydrogen) atoms. The summed E-state index contributed by atoms with van der Waals surface area (Å²) in [6, 6.07) is 8.76. The third-order valence-electron chi connectivity index (χ3n) is 8.92. The van der Waals surface area contributed by atoms with E-state index in [0.717, 1.165) is 0 Å². The van der Waals surface area contributed by atoms with Gasteiger partial charge in [0.15, 0.2) is 22.3 Å². The molecule has 25 nitrogen and oxygen atoms in total. The van der Waals surface area contributed by atoms with E-state index in [1.165, 1.54) is 36.7 Å². The second-order valence-corrected chi connectivity index (χ2v) is 13.5. The van der Waals surface area contributed by atoms with Gasteiger partial charge in [-0.1, -0.05) is 0 Å². The number of rotatable bonds is 18. The predicted octanol–water partition coefficient (Wildman–Crippen LogP) is -0.175. The van der Waals surface area contributed by atoms with Crippen molar-refractivity contribution in [2.75, 3.05) is 22.1 Å². The number of ether oxygens (including phenoxy) is 1. The highest BCUT2D eigenvalue weighted by molar-refractivity contribution is 5.98. The number of carbonyl (C=O) groups excluding carboxylic acids is 4. The summed E-state index contributed by atoms with van der Waals surface area (Å²) >= 11 is 0. The number of nitrogen functional groups attached to an aromatic ring is 2. The summed E-state index contributed by atoms with van der Waals surface area (Å²) in [6.07, 6.45) is 0.751. The van der Waals surface area contributed by atoms with Crippen molar-refractivity contribution in [1.82, 2.24) is 50.5 Å². The predicted molar refractivity (Wildman–Crippen MR) is 220 cm³/mol. The molecule has 0 aliphatic carbocycles. The average molecular weight is 865 g/mol. The van der Waals surface area contributed by atoms with Gasteiger partial charge < -0.3 is 47.7 Å². The van der Waals surface area contributed by atoms with Gasteiger partial charge in [0.05, 0.1) is 36.9 Å². The summed E-state index contributed by atoms with van der Waals surface area (Å²) in [5.74, 6) is -6.88. The SMILES string of the molecule is Nc1nc2ncc(CNc3ccc(C(=O)NC(CCC(=O)OC(=O)CCC(NC(=O)c4ccc(NCc5cnc6nc(N)[nH]c(=O)c6n5)cc4)C(=O)O)C(=O)O)cc3)nc2c(=O)[nH]1. The summed E-state index contributed by atoms with van der Waals surface area (Å²) in [4.78, 5) is 128. The number of amides is 2. The molecule has 0 radical (unpaired) electrons. The fraction of sp³-hybridized carbons (Fsp3) is 0.211. The topological polar surface area (TPSA) is 395 Å². The van der Waals surface area contributed by atoms with Crippen LogP contribution in [0.4, 0.5) is 23.3 Å². The Morgan fingerprint density at radius 1 is 0.603 bits per heavy atom. The van der Waals surface area contributed by atoms with E-state index in [0.29, 0.717) is 22.8 Å². The molecule has 25 heteroatoms. The van der Waals surface area contributed by atoms with Gasteiger partial charge >= 0.3 is 23.9 Å². The largest absolute Gasteiger partial charge is 0.480 e. The van der Waals surface area contributed by atoms with Crippen molar-refractivity contribution >= 4 is 81.3 Å². The summed E-state index contributed by atoms with van der Waals surface area (Å²) in [7, 11) is 0. The second kappa shape index (κ2) is 19.4. The van der Waals surface area contributed by atoms with Gasteiger partial charge in [0, 0.05) is 35.3 Å². The maximum Gasteiger partial charge on any atom is 0.326 e. The monoisotopic (exact) mass is 864 g/mol. The van der Waals surface area contributed by atoms with Crippen molar-refractivity contribution in [2.24, 2.45) is 0 Å². The smallest absolute Gasteiger partial charge is 0.326 e. The molecular weight excluding hydrogens is 829 g/mol. The lowest BCUT2D eigenvalue weighted by Crippen LogP contribution is -2.41. The van der Waals surface area contributed by atoms with Crippen LogP contribution < -0.4 is 43.9 Å². The zero-order valence-electron chi connectivity index (χ0n) is 32.6. The number of aromatic amines is 2. The van der Waals surface area contributed by atoms with E-state index in [2.05, 4.69) is 61.1 Å². The van der Waals surface area contributed by atoms with Crippen LogP contribution in [0.3, 0.4) is 0 Å². The van der Waals surface area contributed by atoms with Crippen molar-refractivity contribution in [1.29, 1.82) is 0 Å². The number of H-pyrrole nitrogens is 2. The van der Waals surface area contributed by atoms with Crippen molar-refractivity contribution < 1.29 is 43.7 Å². The molecule has 12 N–H and O–H groups in total. The maximum absolute atomic E-state index is 12.8. The molecule has 0 spiro atoms. The number of benzene rings is 2. The van der Waals surface area contributed by atoms with Gasteiger partial charge in [-0.25, -0.2) is 29.5 Å². The lowest BCUT2D eigenvalue weighted by atomic mass is 10.1. The summed E-state index contributed by atoms with van der Waals surface area (Å²) in [5, 5.41) is 30.0. The molecule has 6 aromatic rings. The molecule has 0 aliphatic heterocycles. The standard InChI is InChI=1S/C38H36N14O11/c39-37-49-29-27(33(57)51-37)45-21(15-43-29)13-41-19-5-1-17(2-6-19)31(55)47-23(35(59)60)9-11-25(53)63-26(54)12-10-24(36(61)62)48-32(56)18-3-7-20(8-4-18)42-14-22-16-44-30-28(46-22)34(58)52-38(40)50-30/h1-8,15-16,23-24,41-42H,9-14H2,(H,47,55)(H,48,56)(H,59,60)(H,61,62)(H3,39,43,49,51,57)(H3,40,44,50,52,58). The van der Waals surface area contributed by atoms with Crippen LogP contribution in [-0.2, 0) is 37.0 Å². The normalized spacial score (nSPS) is 11.9. The Bertz CT molecular complexity index is 2660. The van der Waals surface area contributed by atoms with Gasteiger partial charge in [-0.2, -0.15) is 9.97 Å². The number of carbonyl (C=O) groups is 6. The maximum atomic E-state index is 12.8. The Labute approximate surface area is 352 Å². The van der Waals surface area contributed by atoms with Gasteiger partial charge in [-0.3, -0.25) is 38.7 Å². The van der Waals surface area contributed by atoms with Gasteiger partial charge in [-0.15, -0.1) is 0 Å². The first-order valence-corrected chi connectivity index (χ1v) is 18.6. The van der Waals surface area contributed by atoms with Crippen LogP contribution in [0.2, 0.25) is 0 Å². The first kappa shape index (κ1) is 43.7. The minimum absolute atomic E-state index is 0.00484. The molecule has 2 aromatic carbocycles. The Kier molecular flexibility index (Phi) is 13.5. The molecule has 0 bridgehead atoms. The van der Waals surface area contributed by atoms with Gasteiger partial charge in [0.2, 0.25) is 11.9 Å². The number of anilines is 4. The third kappa shape index (κ3) is 11.6. The summed E-state index contributed by atoms with van der Waals surface area (Å²) in [5.41, 5.74) is 12.2. The van der Waals surface area contributed by atoms with Crippen LogP contribution in [0.1, 0.15) is 57.8 Å². The van der Waals surface area contributed by atoms with Crippen LogP contribution in [0.5, 0.6) is 0 Å². The Morgan fingerprint density at radius 2 is 0.984 bits per heavy atom. The van der Waals surface area contributed by atoms with E-state index in [-0.39, 0.29) is 58.4 Å². The number of aromatic nitrogens is 8. The van der Waals surface area contributed by atoms with Crippen molar-refractivity contribution in [3.8, 4) is 0 Å². The highest BCUT2D eigenvalue weighted by Crippen LogP contribution is 2.15. The average Bonchev–Trinajstić information content (AvgIpc) is 3.25. The third-order valence-corrected chi connectivity index (χ3v) is 8.92. The lowest BCUT2D eigenvalue weighted by Gasteiger charge is -2.15.